The third kappa shape index (κ3) is 3.65. The lowest BCUT2D eigenvalue weighted by molar-refractivity contribution is -0.157. The van der Waals surface area contributed by atoms with Gasteiger partial charge in [-0.1, -0.05) is 17.5 Å². The van der Waals surface area contributed by atoms with Gasteiger partial charge in [-0.3, -0.25) is 14.4 Å². The number of ether oxygens (including phenoxy) is 2. The van der Waals surface area contributed by atoms with Gasteiger partial charge >= 0.3 is 0 Å². The molecule has 1 aromatic rings. The van der Waals surface area contributed by atoms with E-state index in [1.54, 1.807) is 24.0 Å². The summed E-state index contributed by atoms with van der Waals surface area (Å²) in [6.07, 6.45) is 0.465. The number of rotatable bonds is 4. The summed E-state index contributed by atoms with van der Waals surface area (Å²) >= 11 is 6.41. The molecule has 1 amide bonds. The van der Waals surface area contributed by atoms with Crippen LogP contribution in [0.25, 0.3) is 0 Å². The van der Waals surface area contributed by atoms with Crippen molar-refractivity contribution in [3.05, 3.63) is 28.3 Å². The Balaban J connectivity index is 1.83. The normalized spacial score (nSPS) is 18.5. The van der Waals surface area contributed by atoms with Crippen molar-refractivity contribution in [3.63, 3.8) is 0 Å². The standard InChI is InChI=1S/C21H22ClNO5/c1-4-5-13-6-14(22)19(17(7-13)28-3)20-15(24)8-21(9-16(20)25)11-23(12-21)18(26)10-27-2/h6-7,20H,8-12H2,1-3H3. The number of carbonyl (C=O) groups excluding carboxylic acids is 3. The molecule has 1 aliphatic carbocycles. The molecule has 0 N–H and O–H groups in total. The van der Waals surface area contributed by atoms with Gasteiger partial charge in [-0.2, -0.15) is 0 Å². The highest BCUT2D eigenvalue weighted by Crippen LogP contribution is 2.47. The third-order valence-electron chi connectivity index (χ3n) is 5.28. The Morgan fingerprint density at radius 3 is 2.43 bits per heavy atom. The van der Waals surface area contributed by atoms with E-state index in [0.717, 1.165) is 0 Å². The quantitative estimate of drug-likeness (QED) is 0.569. The summed E-state index contributed by atoms with van der Waals surface area (Å²) in [4.78, 5) is 39.4. The lowest BCUT2D eigenvalue weighted by Gasteiger charge is -2.52. The predicted molar refractivity (Wildman–Crippen MR) is 103 cm³/mol. The number of likely N-dealkylation sites (tertiary alicyclic amines) is 1. The minimum atomic E-state index is -0.944. The first kappa shape index (κ1) is 20.4. The highest BCUT2D eigenvalue weighted by molar-refractivity contribution is 6.32. The van der Waals surface area contributed by atoms with Crippen molar-refractivity contribution >= 4 is 29.1 Å². The van der Waals surface area contributed by atoms with Crippen LogP contribution < -0.4 is 4.74 Å². The first-order valence-corrected chi connectivity index (χ1v) is 9.34. The number of nitrogens with zero attached hydrogens (tertiary/aromatic N) is 1. The van der Waals surface area contributed by atoms with Gasteiger partial charge < -0.3 is 14.4 Å². The Bertz CT molecular complexity index is 872. The van der Waals surface area contributed by atoms with Crippen LogP contribution in [0, 0.1) is 17.3 Å². The van der Waals surface area contributed by atoms with E-state index in [-0.39, 0.29) is 36.9 Å². The van der Waals surface area contributed by atoms with Crippen LogP contribution in [0.4, 0.5) is 0 Å². The van der Waals surface area contributed by atoms with Crippen molar-refractivity contribution in [2.45, 2.75) is 25.7 Å². The number of hydrogen-bond acceptors (Lipinski definition) is 5. The van der Waals surface area contributed by atoms with E-state index >= 15 is 0 Å². The SMILES string of the molecule is CC#Cc1cc(Cl)c(C2C(=O)CC3(CC2=O)CN(C(=O)COC)C3)c(OC)c1. The molecule has 2 aliphatic rings. The molecule has 1 aliphatic heterocycles. The van der Waals surface area contributed by atoms with Gasteiger partial charge in [0, 0.05) is 54.6 Å². The highest BCUT2D eigenvalue weighted by atomic mass is 35.5. The summed E-state index contributed by atoms with van der Waals surface area (Å²) < 4.78 is 10.3. The molecule has 2 fully saturated rings. The van der Waals surface area contributed by atoms with Crippen molar-refractivity contribution in [1.82, 2.24) is 4.90 Å². The maximum absolute atomic E-state index is 13.0. The number of ketones is 2. The summed E-state index contributed by atoms with van der Waals surface area (Å²) in [5, 5.41) is 0.297. The van der Waals surface area contributed by atoms with E-state index in [4.69, 9.17) is 21.1 Å². The average Bonchev–Trinajstić information content (AvgIpc) is 2.60. The smallest absolute Gasteiger partial charge is 0.248 e. The first-order chi connectivity index (χ1) is 13.3. The van der Waals surface area contributed by atoms with Gasteiger partial charge in [-0.05, 0) is 19.1 Å². The Hall–Kier alpha value is -2.36. The van der Waals surface area contributed by atoms with Gasteiger partial charge in [0.15, 0.2) is 0 Å². The summed E-state index contributed by atoms with van der Waals surface area (Å²) in [6.45, 7) is 2.51. The number of halogens is 1. The van der Waals surface area contributed by atoms with Crippen molar-refractivity contribution in [2.75, 3.05) is 33.9 Å². The molecule has 0 aromatic heterocycles. The van der Waals surface area contributed by atoms with Crippen LogP contribution in [-0.4, -0.2) is 56.3 Å². The van der Waals surface area contributed by atoms with Crippen molar-refractivity contribution in [3.8, 4) is 17.6 Å². The number of Topliss-reactive ketones (excluding diaryl/α,β-unsaturated/α-hetero) is 2. The van der Waals surface area contributed by atoms with Crippen LogP contribution in [0.1, 0.15) is 36.8 Å². The van der Waals surface area contributed by atoms with Gasteiger partial charge in [0.1, 0.15) is 29.8 Å². The van der Waals surface area contributed by atoms with E-state index in [0.29, 0.717) is 35.0 Å². The summed E-state index contributed by atoms with van der Waals surface area (Å²) in [6, 6.07) is 3.34. The average molecular weight is 404 g/mol. The summed E-state index contributed by atoms with van der Waals surface area (Å²) in [7, 11) is 2.93. The third-order valence-corrected chi connectivity index (χ3v) is 5.60. The monoisotopic (exact) mass is 403 g/mol. The van der Waals surface area contributed by atoms with Crippen LogP contribution in [-0.2, 0) is 19.1 Å². The molecule has 1 spiro atoms. The zero-order valence-electron chi connectivity index (χ0n) is 16.1. The molecule has 7 heteroatoms. The Labute approximate surface area is 169 Å². The van der Waals surface area contributed by atoms with Crippen LogP contribution in [0.5, 0.6) is 5.75 Å². The molecule has 6 nitrogen and oxygen atoms in total. The molecule has 148 valence electrons. The lowest BCUT2D eigenvalue weighted by atomic mass is 9.63. The predicted octanol–water partition coefficient (Wildman–Crippen LogP) is 2.21. The second-order valence-corrected chi connectivity index (χ2v) is 7.76. The van der Waals surface area contributed by atoms with E-state index < -0.39 is 11.3 Å². The summed E-state index contributed by atoms with van der Waals surface area (Å²) in [5.74, 6) is 4.62. The molecule has 1 aromatic carbocycles. The Morgan fingerprint density at radius 2 is 1.89 bits per heavy atom. The number of benzene rings is 1. The van der Waals surface area contributed by atoms with Crippen molar-refractivity contribution in [2.24, 2.45) is 5.41 Å². The maximum atomic E-state index is 13.0. The molecule has 1 saturated carbocycles. The van der Waals surface area contributed by atoms with Gasteiger partial charge in [0.25, 0.3) is 0 Å². The number of methoxy groups -OCH3 is 2. The molecule has 0 bridgehead atoms. The molecule has 1 heterocycles. The molecule has 28 heavy (non-hydrogen) atoms. The Morgan fingerprint density at radius 1 is 1.25 bits per heavy atom. The second kappa shape index (κ2) is 7.94. The van der Waals surface area contributed by atoms with E-state index in [1.807, 2.05) is 0 Å². The zero-order chi connectivity index (χ0) is 20.5. The summed E-state index contributed by atoms with van der Waals surface area (Å²) in [5.41, 5.74) is 0.593. The molecule has 1 saturated heterocycles. The molecular formula is C21H22ClNO5. The van der Waals surface area contributed by atoms with E-state index in [1.165, 1.54) is 14.2 Å². The van der Waals surface area contributed by atoms with Crippen molar-refractivity contribution in [1.29, 1.82) is 0 Å². The zero-order valence-corrected chi connectivity index (χ0v) is 16.9. The number of amides is 1. The Kier molecular flexibility index (Phi) is 5.78. The maximum Gasteiger partial charge on any atom is 0.248 e. The van der Waals surface area contributed by atoms with Crippen LogP contribution >= 0.6 is 11.6 Å². The minimum Gasteiger partial charge on any atom is -0.496 e. The van der Waals surface area contributed by atoms with Crippen LogP contribution in [0.15, 0.2) is 12.1 Å². The minimum absolute atomic E-state index is 0.000403. The topological polar surface area (TPSA) is 72.9 Å². The van der Waals surface area contributed by atoms with Gasteiger partial charge in [0.2, 0.25) is 5.91 Å². The highest BCUT2D eigenvalue weighted by Gasteiger charge is 2.53. The number of carbonyl (C=O) groups is 3. The first-order valence-electron chi connectivity index (χ1n) is 8.96. The fourth-order valence-corrected chi connectivity index (χ4v) is 4.46. The van der Waals surface area contributed by atoms with Gasteiger partial charge in [0.05, 0.1) is 7.11 Å². The molecule has 0 atom stereocenters. The largest absolute Gasteiger partial charge is 0.496 e. The molecule has 0 radical (unpaired) electrons. The molecular weight excluding hydrogens is 382 g/mol. The second-order valence-electron chi connectivity index (χ2n) is 7.35. The van der Waals surface area contributed by atoms with Crippen LogP contribution in [0.2, 0.25) is 5.02 Å². The molecule has 0 unspecified atom stereocenters. The van der Waals surface area contributed by atoms with E-state index in [9.17, 15) is 14.4 Å². The fourth-order valence-electron chi connectivity index (χ4n) is 4.14. The van der Waals surface area contributed by atoms with Crippen molar-refractivity contribution < 1.29 is 23.9 Å². The molecule has 3 rings (SSSR count). The van der Waals surface area contributed by atoms with Gasteiger partial charge in [-0.25, -0.2) is 0 Å². The fraction of sp³-hybridized carbons (Fsp3) is 0.476. The van der Waals surface area contributed by atoms with E-state index in [2.05, 4.69) is 11.8 Å². The van der Waals surface area contributed by atoms with Gasteiger partial charge in [-0.15, -0.1) is 5.92 Å². The lowest BCUT2D eigenvalue weighted by Crippen LogP contribution is -2.62. The number of hydrogen-bond donors (Lipinski definition) is 0. The van der Waals surface area contributed by atoms with Crippen LogP contribution in [0.3, 0.4) is 0 Å².